The van der Waals surface area contributed by atoms with Crippen molar-refractivity contribution in [1.82, 2.24) is 0 Å². The van der Waals surface area contributed by atoms with E-state index in [1.165, 1.54) is 5.56 Å². The molecule has 2 nitrogen and oxygen atoms in total. The zero-order valence-electron chi connectivity index (χ0n) is 11.7. The lowest BCUT2D eigenvalue weighted by Crippen LogP contribution is -2.10. The summed E-state index contributed by atoms with van der Waals surface area (Å²) in [7, 11) is 0. The average Bonchev–Trinajstić information content (AvgIpc) is 2.47. The van der Waals surface area contributed by atoms with Crippen LogP contribution in [0.25, 0.3) is 0 Å². The highest BCUT2D eigenvalue weighted by molar-refractivity contribution is 9.10. The summed E-state index contributed by atoms with van der Waals surface area (Å²) in [5, 5.41) is 12.5. The molecule has 0 bridgehead atoms. The van der Waals surface area contributed by atoms with Gasteiger partial charge in [-0.05, 0) is 48.7 Å². The Kier molecular flexibility index (Phi) is 4.81. The second-order valence-corrected chi connectivity index (χ2v) is 5.71. The molecule has 3 heteroatoms. The molecule has 0 saturated carbocycles. The van der Waals surface area contributed by atoms with Gasteiger partial charge < -0.3 is 5.32 Å². The number of nitrogens with one attached hydrogen (secondary N) is 1. The summed E-state index contributed by atoms with van der Waals surface area (Å²) >= 11 is 3.46. The van der Waals surface area contributed by atoms with Crippen molar-refractivity contribution in [2.45, 2.75) is 26.3 Å². The Balaban J connectivity index is 2.26. The van der Waals surface area contributed by atoms with Crippen LogP contribution >= 0.6 is 15.9 Å². The molecule has 0 fully saturated rings. The molecule has 0 saturated heterocycles. The quantitative estimate of drug-likeness (QED) is 0.837. The van der Waals surface area contributed by atoms with Crippen molar-refractivity contribution < 1.29 is 0 Å². The molecular weight excluding hydrogens is 312 g/mol. The van der Waals surface area contributed by atoms with E-state index in [1.807, 2.05) is 18.2 Å². The molecule has 102 valence electrons. The Morgan fingerprint density at radius 3 is 2.50 bits per heavy atom. The fourth-order valence-corrected chi connectivity index (χ4v) is 2.42. The van der Waals surface area contributed by atoms with Gasteiger partial charge in [-0.1, -0.05) is 41.1 Å². The number of benzene rings is 2. The van der Waals surface area contributed by atoms with Gasteiger partial charge in [-0.2, -0.15) is 5.26 Å². The van der Waals surface area contributed by atoms with Crippen molar-refractivity contribution in [3.63, 3.8) is 0 Å². The molecule has 1 N–H and O–H groups in total. The Hall–Kier alpha value is -1.79. The van der Waals surface area contributed by atoms with Crippen LogP contribution in [-0.2, 0) is 0 Å². The molecule has 1 unspecified atom stereocenters. The first-order chi connectivity index (χ1) is 9.63. The fraction of sp³-hybridized carbons (Fsp3) is 0.235. The summed E-state index contributed by atoms with van der Waals surface area (Å²) in [5.41, 5.74) is 4.11. The zero-order chi connectivity index (χ0) is 14.5. The SMILES string of the molecule is CCC(Nc1cc(C#N)ccc1C)c1ccc(Br)cc1. The van der Waals surface area contributed by atoms with Crippen molar-refractivity contribution in [3.8, 4) is 6.07 Å². The first-order valence-corrected chi connectivity index (χ1v) is 7.46. The third kappa shape index (κ3) is 3.40. The van der Waals surface area contributed by atoms with E-state index < -0.39 is 0 Å². The molecule has 2 aromatic carbocycles. The second kappa shape index (κ2) is 6.58. The van der Waals surface area contributed by atoms with Gasteiger partial charge in [0.25, 0.3) is 0 Å². The van der Waals surface area contributed by atoms with E-state index >= 15 is 0 Å². The molecule has 0 aliphatic rings. The maximum Gasteiger partial charge on any atom is 0.0992 e. The number of rotatable bonds is 4. The van der Waals surface area contributed by atoms with Crippen LogP contribution in [0.2, 0.25) is 0 Å². The van der Waals surface area contributed by atoms with Gasteiger partial charge in [0.2, 0.25) is 0 Å². The fourth-order valence-electron chi connectivity index (χ4n) is 2.15. The van der Waals surface area contributed by atoms with Crippen molar-refractivity contribution >= 4 is 21.6 Å². The number of nitriles is 1. The van der Waals surface area contributed by atoms with Gasteiger partial charge in [0.1, 0.15) is 0 Å². The number of anilines is 1. The summed E-state index contributed by atoms with van der Waals surface area (Å²) < 4.78 is 1.08. The molecule has 0 spiro atoms. The molecule has 0 aliphatic heterocycles. The monoisotopic (exact) mass is 328 g/mol. The average molecular weight is 329 g/mol. The van der Waals surface area contributed by atoms with E-state index in [2.05, 4.69) is 65.4 Å². The van der Waals surface area contributed by atoms with Crippen LogP contribution in [0.15, 0.2) is 46.9 Å². The molecule has 0 amide bonds. The van der Waals surface area contributed by atoms with Gasteiger partial charge in [0.15, 0.2) is 0 Å². The number of halogens is 1. The molecule has 0 aromatic heterocycles. The smallest absolute Gasteiger partial charge is 0.0992 e. The number of hydrogen-bond donors (Lipinski definition) is 1. The third-order valence-corrected chi connectivity index (χ3v) is 3.91. The minimum absolute atomic E-state index is 0.246. The largest absolute Gasteiger partial charge is 0.378 e. The predicted molar refractivity (Wildman–Crippen MR) is 86.7 cm³/mol. The summed E-state index contributed by atoms with van der Waals surface area (Å²) in [6, 6.07) is 16.5. The Morgan fingerprint density at radius 2 is 1.90 bits per heavy atom. The van der Waals surface area contributed by atoms with E-state index in [9.17, 15) is 0 Å². The maximum absolute atomic E-state index is 9.01. The van der Waals surface area contributed by atoms with Gasteiger partial charge in [-0.25, -0.2) is 0 Å². The highest BCUT2D eigenvalue weighted by Crippen LogP contribution is 2.26. The highest BCUT2D eigenvalue weighted by atomic mass is 79.9. The Bertz CT molecular complexity index is 626. The summed E-state index contributed by atoms with van der Waals surface area (Å²) in [6.45, 7) is 4.21. The van der Waals surface area contributed by atoms with Gasteiger partial charge in [0.05, 0.1) is 17.7 Å². The molecule has 1 atom stereocenters. The molecule has 0 heterocycles. The maximum atomic E-state index is 9.01. The van der Waals surface area contributed by atoms with Crippen molar-refractivity contribution in [1.29, 1.82) is 5.26 Å². The van der Waals surface area contributed by atoms with Gasteiger partial charge >= 0.3 is 0 Å². The Morgan fingerprint density at radius 1 is 1.20 bits per heavy atom. The highest BCUT2D eigenvalue weighted by Gasteiger charge is 2.10. The zero-order valence-corrected chi connectivity index (χ0v) is 13.2. The molecule has 20 heavy (non-hydrogen) atoms. The van der Waals surface area contributed by atoms with E-state index in [4.69, 9.17) is 5.26 Å². The van der Waals surface area contributed by atoms with Gasteiger partial charge in [-0.15, -0.1) is 0 Å². The van der Waals surface area contributed by atoms with Gasteiger partial charge in [0, 0.05) is 10.2 Å². The Labute approximate surface area is 128 Å². The molecule has 2 rings (SSSR count). The first kappa shape index (κ1) is 14.6. The topological polar surface area (TPSA) is 35.8 Å². The van der Waals surface area contributed by atoms with Crippen LogP contribution in [0, 0.1) is 18.3 Å². The standard InChI is InChI=1S/C17H17BrN2/c1-3-16(14-6-8-15(18)9-7-14)20-17-10-13(11-19)5-4-12(17)2/h4-10,16,20H,3H2,1-2H3. The lowest BCUT2D eigenvalue weighted by atomic mass is 10.0. The summed E-state index contributed by atoms with van der Waals surface area (Å²) in [4.78, 5) is 0. The van der Waals surface area contributed by atoms with Crippen LogP contribution in [-0.4, -0.2) is 0 Å². The molecular formula is C17H17BrN2. The number of aryl methyl sites for hydroxylation is 1. The molecule has 0 radical (unpaired) electrons. The van der Waals surface area contributed by atoms with Crippen LogP contribution in [0.3, 0.4) is 0 Å². The first-order valence-electron chi connectivity index (χ1n) is 6.66. The van der Waals surface area contributed by atoms with Crippen LogP contribution in [0.4, 0.5) is 5.69 Å². The predicted octanol–water partition coefficient (Wildman–Crippen LogP) is 5.19. The summed E-state index contributed by atoms with van der Waals surface area (Å²) in [5.74, 6) is 0. The third-order valence-electron chi connectivity index (χ3n) is 3.38. The van der Waals surface area contributed by atoms with E-state index in [-0.39, 0.29) is 6.04 Å². The minimum Gasteiger partial charge on any atom is -0.378 e. The van der Waals surface area contributed by atoms with E-state index in [0.717, 1.165) is 22.1 Å². The molecule has 2 aromatic rings. The van der Waals surface area contributed by atoms with Gasteiger partial charge in [-0.3, -0.25) is 0 Å². The normalized spacial score (nSPS) is 11.7. The van der Waals surface area contributed by atoms with E-state index in [0.29, 0.717) is 5.56 Å². The lowest BCUT2D eigenvalue weighted by molar-refractivity contribution is 0.748. The van der Waals surface area contributed by atoms with Crippen LogP contribution < -0.4 is 5.32 Å². The van der Waals surface area contributed by atoms with E-state index in [1.54, 1.807) is 0 Å². The number of hydrogen-bond acceptors (Lipinski definition) is 2. The van der Waals surface area contributed by atoms with Crippen LogP contribution in [0.5, 0.6) is 0 Å². The second-order valence-electron chi connectivity index (χ2n) is 4.80. The minimum atomic E-state index is 0.246. The van der Waals surface area contributed by atoms with Crippen molar-refractivity contribution in [2.75, 3.05) is 5.32 Å². The van der Waals surface area contributed by atoms with Crippen molar-refractivity contribution in [3.05, 3.63) is 63.6 Å². The van der Waals surface area contributed by atoms with Crippen molar-refractivity contribution in [2.24, 2.45) is 0 Å². The van der Waals surface area contributed by atoms with Crippen LogP contribution in [0.1, 0.15) is 36.1 Å². The number of nitrogens with zero attached hydrogens (tertiary/aromatic N) is 1. The lowest BCUT2D eigenvalue weighted by Gasteiger charge is -2.20. The molecule has 0 aliphatic carbocycles. The summed E-state index contributed by atoms with van der Waals surface area (Å²) in [6.07, 6.45) is 0.984.